The molecule has 2 heterocycles. The predicted octanol–water partition coefficient (Wildman–Crippen LogP) is 5.10. The average molecular weight is 469 g/mol. The molecule has 148 valence electrons. The number of aromatic nitrogens is 1. The minimum atomic E-state index is -4.15. The van der Waals surface area contributed by atoms with Gasteiger partial charge in [-0.25, -0.2) is 17.2 Å². The Labute approximate surface area is 170 Å². The lowest BCUT2D eigenvalue weighted by molar-refractivity contribution is 0.148. The lowest BCUT2D eigenvalue weighted by Crippen LogP contribution is -2.30. The van der Waals surface area contributed by atoms with Crippen LogP contribution in [0.4, 0.5) is 8.78 Å². The summed E-state index contributed by atoms with van der Waals surface area (Å²) >= 11 is 3.28. The van der Waals surface area contributed by atoms with E-state index < -0.39 is 21.8 Å². The Bertz CT molecular complexity index is 1120. The van der Waals surface area contributed by atoms with E-state index >= 15 is 0 Å². The van der Waals surface area contributed by atoms with Crippen LogP contribution in [0.2, 0.25) is 0 Å². The lowest BCUT2D eigenvalue weighted by atomic mass is 10.1. The normalized spacial score (nSPS) is 16.1. The smallest absolute Gasteiger partial charge is 0.267 e. The van der Waals surface area contributed by atoms with Gasteiger partial charge in [0.05, 0.1) is 10.5 Å². The molecule has 1 aromatic heterocycles. The molecule has 0 saturated carbocycles. The molecule has 0 amide bonds. The highest BCUT2D eigenvalue weighted by Crippen LogP contribution is 2.42. The molecule has 1 aliphatic heterocycles. The second-order valence-electron chi connectivity index (χ2n) is 6.85. The van der Waals surface area contributed by atoms with Crippen molar-refractivity contribution in [3.63, 3.8) is 0 Å². The average Bonchev–Trinajstić information content (AvgIpc) is 3.05. The van der Waals surface area contributed by atoms with E-state index in [9.17, 15) is 17.2 Å². The summed E-state index contributed by atoms with van der Waals surface area (Å²) in [6.07, 6.45) is -1.53. The summed E-state index contributed by atoms with van der Waals surface area (Å²) in [4.78, 5) is 0.00163. The van der Waals surface area contributed by atoms with Crippen LogP contribution in [0.1, 0.15) is 30.9 Å². The maximum atomic E-state index is 14.2. The van der Waals surface area contributed by atoms with Gasteiger partial charge in [0, 0.05) is 21.4 Å². The van der Waals surface area contributed by atoms with Gasteiger partial charge in [0.1, 0.15) is 5.03 Å². The highest BCUT2D eigenvalue weighted by atomic mass is 79.9. The van der Waals surface area contributed by atoms with Crippen LogP contribution in [-0.2, 0) is 9.84 Å². The molecule has 0 unspecified atom stereocenters. The van der Waals surface area contributed by atoms with Gasteiger partial charge in [-0.15, -0.1) is 0 Å². The first-order valence-corrected chi connectivity index (χ1v) is 11.3. The van der Waals surface area contributed by atoms with Crippen LogP contribution in [0.15, 0.2) is 62.9 Å². The zero-order chi connectivity index (χ0) is 19.9. The molecule has 2 aromatic carbocycles. The van der Waals surface area contributed by atoms with Crippen molar-refractivity contribution >= 4 is 36.7 Å². The molecule has 1 saturated heterocycles. The first-order chi connectivity index (χ1) is 13.4. The molecule has 0 spiro atoms. The summed E-state index contributed by atoms with van der Waals surface area (Å²) in [6, 6.07) is 12.8. The van der Waals surface area contributed by atoms with Crippen LogP contribution < -0.4 is 5.32 Å². The number of piperidine rings is 1. The van der Waals surface area contributed by atoms with Crippen molar-refractivity contribution in [1.82, 2.24) is 9.88 Å². The summed E-state index contributed by atoms with van der Waals surface area (Å²) in [7, 11) is -4.15. The molecule has 1 aliphatic rings. The van der Waals surface area contributed by atoms with Crippen LogP contribution in [0.5, 0.6) is 0 Å². The third-order valence-electron chi connectivity index (χ3n) is 5.16. The molecular formula is C20H19BrF2N2O2S. The number of sulfone groups is 1. The number of hydrogen-bond donors (Lipinski definition) is 1. The molecule has 0 atom stereocenters. The molecule has 4 nitrogen and oxygen atoms in total. The number of benzene rings is 2. The third-order valence-corrected chi connectivity index (χ3v) is 7.45. The summed E-state index contributed by atoms with van der Waals surface area (Å²) in [5.74, 6) is 0. The van der Waals surface area contributed by atoms with Gasteiger partial charge in [-0.3, -0.25) is 0 Å². The van der Waals surface area contributed by atoms with Gasteiger partial charge in [-0.05, 0) is 50.2 Å². The van der Waals surface area contributed by atoms with Gasteiger partial charge >= 0.3 is 0 Å². The molecule has 0 aliphatic carbocycles. The zero-order valence-electron chi connectivity index (χ0n) is 14.9. The van der Waals surface area contributed by atoms with Crippen LogP contribution in [0.25, 0.3) is 10.9 Å². The van der Waals surface area contributed by atoms with Gasteiger partial charge in [0.15, 0.2) is 0 Å². The number of fused-ring (bicyclic) bond motifs is 1. The van der Waals surface area contributed by atoms with E-state index in [1.165, 1.54) is 12.1 Å². The number of alkyl halides is 2. The topological polar surface area (TPSA) is 51.1 Å². The fourth-order valence-corrected chi connectivity index (χ4v) is 6.23. The molecule has 1 N–H and O–H groups in total. The number of halogens is 3. The fourth-order valence-electron chi connectivity index (χ4n) is 3.92. The number of para-hydroxylation sites is 1. The first-order valence-electron chi connectivity index (χ1n) is 9.03. The van der Waals surface area contributed by atoms with Crippen molar-refractivity contribution in [1.29, 1.82) is 0 Å². The summed E-state index contributed by atoms with van der Waals surface area (Å²) in [5.41, 5.74) is 0.132. The number of nitrogens with one attached hydrogen (secondary N) is 1. The quantitative estimate of drug-likeness (QED) is 0.579. The standard InChI is InChI=1S/C20H19BrF2N2O2S/c21-13-4-3-5-15(12-13)28(26,27)20-18(19(22)23)16-6-1-2-7-17(16)25(20)14-8-10-24-11-9-14/h1-7,12,14,19,24H,8-11H2. The van der Waals surface area contributed by atoms with Crippen molar-refractivity contribution in [2.24, 2.45) is 0 Å². The Kier molecular flexibility index (Phi) is 5.28. The fraction of sp³-hybridized carbons (Fsp3) is 0.300. The highest BCUT2D eigenvalue weighted by molar-refractivity contribution is 9.10. The minimum absolute atomic E-state index is 0.00163. The molecular weight excluding hydrogens is 450 g/mol. The van der Waals surface area contributed by atoms with Gasteiger partial charge in [0.25, 0.3) is 6.43 Å². The Balaban J connectivity index is 2.07. The van der Waals surface area contributed by atoms with Crippen LogP contribution in [-0.4, -0.2) is 26.1 Å². The highest BCUT2D eigenvalue weighted by Gasteiger charge is 2.35. The van der Waals surface area contributed by atoms with E-state index in [0.717, 1.165) is 13.1 Å². The van der Waals surface area contributed by atoms with E-state index in [2.05, 4.69) is 21.2 Å². The predicted molar refractivity (Wildman–Crippen MR) is 108 cm³/mol. The van der Waals surface area contributed by atoms with Crippen LogP contribution in [0.3, 0.4) is 0 Å². The monoisotopic (exact) mass is 468 g/mol. The van der Waals surface area contributed by atoms with Gasteiger partial charge in [-0.2, -0.15) is 0 Å². The second kappa shape index (κ2) is 7.57. The molecule has 1 fully saturated rings. The molecule has 4 rings (SSSR count). The summed E-state index contributed by atoms with van der Waals surface area (Å²) < 4.78 is 57.6. The number of hydrogen-bond acceptors (Lipinski definition) is 3. The molecule has 0 bridgehead atoms. The maximum absolute atomic E-state index is 14.2. The summed E-state index contributed by atoms with van der Waals surface area (Å²) in [6.45, 7) is 1.44. The van der Waals surface area contributed by atoms with E-state index in [1.807, 2.05) is 0 Å². The van der Waals surface area contributed by atoms with Gasteiger partial charge in [-0.1, -0.05) is 40.2 Å². The van der Waals surface area contributed by atoms with E-state index in [1.54, 1.807) is 41.0 Å². The SMILES string of the molecule is O=S(=O)(c1cccc(Br)c1)c1c(C(F)F)c2ccccc2n1C1CCNCC1. The minimum Gasteiger partial charge on any atom is -0.328 e. The maximum Gasteiger partial charge on any atom is 0.267 e. The Morgan fingerprint density at radius 2 is 1.79 bits per heavy atom. The van der Waals surface area contributed by atoms with Crippen molar-refractivity contribution in [3.05, 3.63) is 58.6 Å². The molecule has 28 heavy (non-hydrogen) atoms. The Morgan fingerprint density at radius 1 is 1.07 bits per heavy atom. The first kappa shape index (κ1) is 19.5. The largest absolute Gasteiger partial charge is 0.328 e. The molecule has 8 heteroatoms. The van der Waals surface area contributed by atoms with Crippen molar-refractivity contribution in [2.45, 2.75) is 35.2 Å². The Morgan fingerprint density at radius 3 is 2.46 bits per heavy atom. The second-order valence-corrected chi connectivity index (χ2v) is 9.63. The zero-order valence-corrected chi connectivity index (χ0v) is 17.3. The molecule has 3 aromatic rings. The van der Waals surface area contributed by atoms with Crippen molar-refractivity contribution in [2.75, 3.05) is 13.1 Å². The lowest BCUT2D eigenvalue weighted by Gasteiger charge is -2.27. The number of rotatable bonds is 4. The third kappa shape index (κ3) is 3.27. The van der Waals surface area contributed by atoms with E-state index in [0.29, 0.717) is 28.2 Å². The van der Waals surface area contributed by atoms with Gasteiger partial charge < -0.3 is 9.88 Å². The van der Waals surface area contributed by atoms with E-state index in [-0.39, 0.29) is 16.0 Å². The Hall–Kier alpha value is -1.77. The summed E-state index contributed by atoms with van der Waals surface area (Å²) in [5, 5.41) is 3.25. The molecule has 0 radical (unpaired) electrons. The van der Waals surface area contributed by atoms with Crippen molar-refractivity contribution < 1.29 is 17.2 Å². The van der Waals surface area contributed by atoms with Gasteiger partial charge in [0.2, 0.25) is 9.84 Å². The van der Waals surface area contributed by atoms with Crippen molar-refractivity contribution in [3.8, 4) is 0 Å². The number of nitrogens with zero attached hydrogens (tertiary/aromatic N) is 1. The van der Waals surface area contributed by atoms with E-state index in [4.69, 9.17) is 0 Å². The van der Waals surface area contributed by atoms with Crippen LogP contribution in [0, 0.1) is 0 Å². The van der Waals surface area contributed by atoms with Crippen LogP contribution >= 0.6 is 15.9 Å².